The van der Waals surface area contributed by atoms with Crippen molar-refractivity contribution in [2.75, 3.05) is 0 Å². The molecule has 0 radical (unpaired) electrons. The molecule has 3 rings (SSSR count). The monoisotopic (exact) mass is 467 g/mol. The van der Waals surface area contributed by atoms with Crippen molar-refractivity contribution in [3.63, 3.8) is 0 Å². The molecule has 1 aliphatic rings. The van der Waals surface area contributed by atoms with Crippen LogP contribution in [0, 0.1) is 6.92 Å². The van der Waals surface area contributed by atoms with Gasteiger partial charge in [0.2, 0.25) is 0 Å². The van der Waals surface area contributed by atoms with Gasteiger partial charge in [-0.1, -0.05) is 49.9 Å². The van der Waals surface area contributed by atoms with Crippen molar-refractivity contribution >= 4 is 29.9 Å². The zero-order valence-corrected chi connectivity index (χ0v) is 17.9. The molecule has 6 heteroatoms. The maximum Gasteiger partial charge on any atom is 0.189 e. The molecule has 1 saturated carbocycles. The Morgan fingerprint density at radius 1 is 1.23 bits per heavy atom. The van der Waals surface area contributed by atoms with Crippen LogP contribution in [0.15, 0.2) is 41.7 Å². The summed E-state index contributed by atoms with van der Waals surface area (Å²) in [4.78, 5) is 8.81. The predicted molar refractivity (Wildman–Crippen MR) is 118 cm³/mol. The van der Waals surface area contributed by atoms with E-state index in [1.54, 1.807) is 0 Å². The second-order valence-corrected chi connectivity index (χ2v) is 6.96. The highest BCUT2D eigenvalue weighted by Gasteiger charge is 2.12. The Balaban J connectivity index is 0.00000243. The summed E-state index contributed by atoms with van der Waals surface area (Å²) in [5.74, 6) is 1.60. The molecule has 142 valence electrons. The summed E-state index contributed by atoms with van der Waals surface area (Å²) in [5, 5.41) is 3.40. The molecule has 0 amide bonds. The summed E-state index contributed by atoms with van der Waals surface area (Å²) in [6.45, 7) is 3.47. The van der Waals surface area contributed by atoms with E-state index in [1.807, 2.05) is 19.3 Å². The Labute approximate surface area is 173 Å². The summed E-state index contributed by atoms with van der Waals surface area (Å²) in [5.41, 5.74) is 8.53. The van der Waals surface area contributed by atoms with Crippen molar-refractivity contribution < 1.29 is 0 Å². The third kappa shape index (κ3) is 6.30. The molecule has 3 N–H and O–H groups in total. The first-order valence-corrected chi connectivity index (χ1v) is 9.33. The van der Waals surface area contributed by atoms with Crippen LogP contribution in [0.4, 0.5) is 0 Å². The smallest absolute Gasteiger partial charge is 0.189 e. The molecule has 0 saturated heterocycles. The highest BCUT2D eigenvalue weighted by molar-refractivity contribution is 14.0. The van der Waals surface area contributed by atoms with Gasteiger partial charge in [0.1, 0.15) is 5.82 Å². The van der Waals surface area contributed by atoms with Crippen LogP contribution >= 0.6 is 24.0 Å². The summed E-state index contributed by atoms with van der Waals surface area (Å²) in [6.07, 6.45) is 11.5. The zero-order valence-electron chi connectivity index (χ0n) is 15.5. The van der Waals surface area contributed by atoms with E-state index in [2.05, 4.69) is 44.1 Å². The third-order valence-electron chi connectivity index (χ3n) is 4.91. The van der Waals surface area contributed by atoms with Gasteiger partial charge in [0.25, 0.3) is 0 Å². The van der Waals surface area contributed by atoms with E-state index in [-0.39, 0.29) is 24.0 Å². The first kappa shape index (κ1) is 20.7. The van der Waals surface area contributed by atoms with Crippen LogP contribution in [0.2, 0.25) is 0 Å². The molecule has 1 fully saturated rings. The van der Waals surface area contributed by atoms with Crippen LogP contribution in [0.1, 0.15) is 55.5 Å². The van der Waals surface area contributed by atoms with Crippen LogP contribution < -0.4 is 11.1 Å². The molecular weight excluding hydrogens is 437 g/mol. The molecule has 1 aromatic heterocycles. The van der Waals surface area contributed by atoms with E-state index in [0.717, 1.165) is 12.4 Å². The number of aromatic nitrogens is 2. The number of imidazole rings is 1. The first-order chi connectivity index (χ1) is 12.2. The van der Waals surface area contributed by atoms with Crippen LogP contribution in [0.25, 0.3) is 0 Å². The average Bonchev–Trinajstić information content (AvgIpc) is 2.85. The fourth-order valence-corrected chi connectivity index (χ4v) is 3.45. The number of hydrogen-bond acceptors (Lipinski definition) is 2. The van der Waals surface area contributed by atoms with E-state index in [4.69, 9.17) is 5.73 Å². The number of halogens is 1. The van der Waals surface area contributed by atoms with Gasteiger partial charge in [-0.15, -0.1) is 24.0 Å². The molecule has 0 bridgehead atoms. The van der Waals surface area contributed by atoms with Gasteiger partial charge < -0.3 is 15.6 Å². The van der Waals surface area contributed by atoms with Gasteiger partial charge in [0.15, 0.2) is 5.96 Å². The number of nitrogens with two attached hydrogens (primary N) is 1. The van der Waals surface area contributed by atoms with Gasteiger partial charge in [-0.05, 0) is 30.9 Å². The summed E-state index contributed by atoms with van der Waals surface area (Å²) < 4.78 is 2.14. The Morgan fingerprint density at radius 3 is 2.65 bits per heavy atom. The Hall–Kier alpha value is -1.57. The molecule has 5 nitrogen and oxygen atoms in total. The summed E-state index contributed by atoms with van der Waals surface area (Å²) in [6, 6.07) is 9.01. The fraction of sp³-hybridized carbons (Fsp3) is 0.500. The molecular formula is C20H30IN5. The number of nitrogens with one attached hydrogen (secondary N) is 1. The maximum atomic E-state index is 6.10. The molecule has 2 aromatic rings. The molecule has 26 heavy (non-hydrogen) atoms. The molecule has 1 aromatic carbocycles. The van der Waals surface area contributed by atoms with Crippen LogP contribution in [0.3, 0.4) is 0 Å². The van der Waals surface area contributed by atoms with E-state index in [1.165, 1.54) is 49.7 Å². The standard InChI is InChI=1S/C20H29N5.HI/c1-16-22-11-12-25(16)15-18-8-6-7-17(13-18)14-23-20(21)24-19-9-4-2-3-5-10-19;/h6-8,11-13,19H,2-5,9-10,14-15H2,1H3,(H3,21,23,24);1H. The van der Waals surface area contributed by atoms with Gasteiger partial charge in [0.05, 0.1) is 6.54 Å². The Bertz CT molecular complexity index is 702. The van der Waals surface area contributed by atoms with E-state index < -0.39 is 0 Å². The molecule has 0 unspecified atom stereocenters. The lowest BCUT2D eigenvalue weighted by atomic mass is 10.1. The van der Waals surface area contributed by atoms with Crippen LogP contribution in [-0.4, -0.2) is 21.6 Å². The van der Waals surface area contributed by atoms with Gasteiger partial charge in [-0.2, -0.15) is 0 Å². The summed E-state index contributed by atoms with van der Waals surface area (Å²) in [7, 11) is 0. The van der Waals surface area contributed by atoms with Crippen molar-refractivity contribution in [2.24, 2.45) is 10.7 Å². The SMILES string of the molecule is Cc1nccn1Cc1cccc(CN=C(N)NC2CCCCCC2)c1.I. The molecule has 0 aliphatic heterocycles. The van der Waals surface area contributed by atoms with Gasteiger partial charge >= 0.3 is 0 Å². The lowest BCUT2D eigenvalue weighted by Gasteiger charge is -2.16. The highest BCUT2D eigenvalue weighted by Crippen LogP contribution is 2.17. The Kier molecular flexibility index (Phi) is 8.41. The van der Waals surface area contributed by atoms with Crippen molar-refractivity contribution in [3.05, 3.63) is 53.6 Å². The summed E-state index contributed by atoms with van der Waals surface area (Å²) >= 11 is 0. The number of hydrogen-bond donors (Lipinski definition) is 2. The number of rotatable bonds is 5. The van der Waals surface area contributed by atoms with E-state index >= 15 is 0 Å². The van der Waals surface area contributed by atoms with Gasteiger partial charge in [0, 0.05) is 25.0 Å². The topological polar surface area (TPSA) is 68.2 Å². The van der Waals surface area contributed by atoms with Gasteiger partial charge in [-0.25, -0.2) is 9.98 Å². The normalized spacial score (nSPS) is 16.0. The van der Waals surface area contributed by atoms with E-state index in [9.17, 15) is 0 Å². The number of aryl methyl sites for hydroxylation is 1. The predicted octanol–water partition coefficient (Wildman–Crippen LogP) is 3.98. The molecule has 0 atom stereocenters. The van der Waals surface area contributed by atoms with Gasteiger partial charge in [-0.3, -0.25) is 0 Å². The average molecular weight is 467 g/mol. The van der Waals surface area contributed by atoms with Crippen LogP contribution in [-0.2, 0) is 13.1 Å². The number of aliphatic imine (C=N–C) groups is 1. The molecule has 1 heterocycles. The third-order valence-corrected chi connectivity index (χ3v) is 4.91. The minimum Gasteiger partial charge on any atom is -0.370 e. The lowest BCUT2D eigenvalue weighted by molar-refractivity contribution is 0.530. The van der Waals surface area contributed by atoms with Crippen molar-refractivity contribution in [2.45, 2.75) is 64.6 Å². The van der Waals surface area contributed by atoms with Crippen molar-refractivity contribution in [1.82, 2.24) is 14.9 Å². The quantitative estimate of drug-likeness (QED) is 0.303. The minimum atomic E-state index is 0. The van der Waals surface area contributed by atoms with E-state index in [0.29, 0.717) is 18.5 Å². The molecule has 0 spiro atoms. The maximum absolute atomic E-state index is 6.10. The zero-order chi connectivity index (χ0) is 17.5. The Morgan fingerprint density at radius 2 is 1.96 bits per heavy atom. The largest absolute Gasteiger partial charge is 0.370 e. The van der Waals surface area contributed by atoms with Crippen molar-refractivity contribution in [3.8, 4) is 0 Å². The van der Waals surface area contributed by atoms with Crippen LogP contribution in [0.5, 0.6) is 0 Å². The van der Waals surface area contributed by atoms with Crippen molar-refractivity contribution in [1.29, 1.82) is 0 Å². The minimum absolute atomic E-state index is 0. The first-order valence-electron chi connectivity index (χ1n) is 9.33. The second kappa shape index (κ2) is 10.5. The number of nitrogens with zero attached hydrogens (tertiary/aromatic N) is 3. The number of guanidine groups is 1. The second-order valence-electron chi connectivity index (χ2n) is 6.96. The highest BCUT2D eigenvalue weighted by atomic mass is 127. The lowest BCUT2D eigenvalue weighted by Crippen LogP contribution is -2.39. The molecule has 1 aliphatic carbocycles. The number of benzene rings is 1. The fourth-order valence-electron chi connectivity index (χ4n) is 3.45.